The van der Waals surface area contributed by atoms with Crippen LogP contribution in [0.25, 0.3) is 0 Å². The molecule has 0 saturated carbocycles. The van der Waals surface area contributed by atoms with Crippen molar-refractivity contribution in [2.75, 3.05) is 0 Å². The third-order valence-electron chi connectivity index (χ3n) is 1.29. The molecule has 0 aromatic heterocycles. The van der Waals surface area contributed by atoms with Gasteiger partial charge in [0.2, 0.25) is 0 Å². The maximum atomic E-state index is 3.18. The molecule has 0 atom stereocenters. The molecule has 0 unspecified atom stereocenters. The fourth-order valence-electron chi connectivity index (χ4n) is 0.805. The molecule has 0 radical (unpaired) electrons. The van der Waals surface area contributed by atoms with E-state index in [0.29, 0.717) is 0 Å². The van der Waals surface area contributed by atoms with Gasteiger partial charge in [-0.15, -0.1) is 18.8 Å². The normalized spacial score (nSPS) is 16.0. The Morgan fingerprint density at radius 1 is 1.20 bits per heavy atom. The molecule has 0 fully saturated rings. The predicted molar refractivity (Wildman–Crippen MR) is 42.7 cm³/mol. The van der Waals surface area contributed by atoms with E-state index in [-0.39, 0.29) is 33.5 Å². The van der Waals surface area contributed by atoms with Crippen LogP contribution in [0.4, 0.5) is 0 Å². The molecule has 10 heavy (non-hydrogen) atoms. The average Bonchev–Trinajstić information content (AvgIpc) is 1.62. The number of allylic oxidation sites excluding steroid dienone is 4. The maximum Gasteiger partial charge on any atom is 0 e. The van der Waals surface area contributed by atoms with Crippen LogP contribution in [-0.2, 0) is 21.1 Å². The zero-order valence-corrected chi connectivity index (χ0v) is 8.87. The van der Waals surface area contributed by atoms with Gasteiger partial charge in [-0.25, -0.2) is 12.2 Å². The maximum absolute atomic E-state index is 3.18. The van der Waals surface area contributed by atoms with Gasteiger partial charge in [-0.1, -0.05) is 19.3 Å². The Hall–Kier alpha value is 0.458. The molecule has 0 heterocycles. The molecule has 0 aromatic rings. The van der Waals surface area contributed by atoms with E-state index in [1.54, 1.807) is 0 Å². The van der Waals surface area contributed by atoms with E-state index < -0.39 is 0 Å². The summed E-state index contributed by atoms with van der Waals surface area (Å²) in [5, 5.41) is 0. The van der Waals surface area contributed by atoms with E-state index in [1.165, 1.54) is 19.3 Å². The van der Waals surface area contributed by atoms with Crippen molar-refractivity contribution in [3.8, 4) is 0 Å². The van der Waals surface area contributed by atoms with Crippen LogP contribution in [0.3, 0.4) is 0 Å². The summed E-state index contributed by atoms with van der Waals surface area (Å²) in [5.41, 5.74) is 0. The summed E-state index contributed by atoms with van der Waals surface area (Å²) in [7, 11) is 0. The monoisotopic (exact) mass is 338 g/mol. The Balaban J connectivity index is 0. The van der Waals surface area contributed by atoms with E-state index in [2.05, 4.69) is 18.2 Å². The molecular formula is C8H12ClPt-. The molecule has 1 aliphatic rings. The summed E-state index contributed by atoms with van der Waals surface area (Å²) in [6.07, 6.45) is 14.5. The Bertz CT molecular complexity index is 93.8. The van der Waals surface area contributed by atoms with Crippen LogP contribution in [0.1, 0.15) is 25.7 Å². The van der Waals surface area contributed by atoms with Gasteiger partial charge in [0.15, 0.2) is 0 Å². The minimum absolute atomic E-state index is 0. The molecule has 62 valence electrons. The molecule has 0 N–H and O–H groups in total. The summed E-state index contributed by atoms with van der Waals surface area (Å²) >= 11 is 0. The number of hydrogen-bond donors (Lipinski definition) is 0. The Kier molecular flexibility index (Phi) is 12.4. The summed E-state index contributed by atoms with van der Waals surface area (Å²) in [4.78, 5) is 0. The topological polar surface area (TPSA) is 0 Å². The first kappa shape index (κ1) is 13.1. The van der Waals surface area contributed by atoms with Crippen molar-refractivity contribution in [1.82, 2.24) is 0 Å². The SMILES string of the molecule is Cl.[C-]1=CC=CCCCC1.[Pt]. The van der Waals surface area contributed by atoms with Crippen LogP contribution in [0.2, 0.25) is 0 Å². The third-order valence-corrected chi connectivity index (χ3v) is 1.29. The zero-order chi connectivity index (χ0) is 5.66. The van der Waals surface area contributed by atoms with E-state index in [1.807, 2.05) is 6.08 Å². The van der Waals surface area contributed by atoms with E-state index >= 15 is 0 Å². The van der Waals surface area contributed by atoms with Crippen molar-refractivity contribution >= 4 is 12.4 Å². The van der Waals surface area contributed by atoms with Gasteiger partial charge in [0, 0.05) is 21.1 Å². The molecule has 1 rings (SSSR count). The number of hydrogen-bond acceptors (Lipinski definition) is 0. The molecule has 0 spiro atoms. The molecule has 0 aliphatic heterocycles. The van der Waals surface area contributed by atoms with Gasteiger partial charge in [0.1, 0.15) is 0 Å². The molecule has 1 aliphatic carbocycles. The van der Waals surface area contributed by atoms with Crippen LogP contribution in [0.5, 0.6) is 0 Å². The summed E-state index contributed by atoms with van der Waals surface area (Å²) in [5.74, 6) is 0. The average molecular weight is 339 g/mol. The number of halogens is 1. The van der Waals surface area contributed by atoms with E-state index in [9.17, 15) is 0 Å². The molecule has 2 heteroatoms. The predicted octanol–water partition coefficient (Wildman–Crippen LogP) is 2.90. The van der Waals surface area contributed by atoms with Crippen LogP contribution in [0.15, 0.2) is 18.2 Å². The third kappa shape index (κ3) is 6.58. The molecular weight excluding hydrogens is 327 g/mol. The van der Waals surface area contributed by atoms with E-state index in [4.69, 9.17) is 0 Å². The Morgan fingerprint density at radius 2 is 2.00 bits per heavy atom. The standard InChI is InChI=1S/C8H11.ClH.Pt/c1-2-4-6-8-7-5-3-1;;/h1-3H,4,6-8H2;1H;/q-1;;. The van der Waals surface area contributed by atoms with Crippen molar-refractivity contribution in [2.24, 2.45) is 0 Å². The smallest absolute Gasteiger partial charge is 0 e. The Morgan fingerprint density at radius 3 is 2.80 bits per heavy atom. The van der Waals surface area contributed by atoms with Gasteiger partial charge < -0.3 is 0 Å². The van der Waals surface area contributed by atoms with Gasteiger partial charge in [-0.05, 0) is 0 Å². The zero-order valence-electron chi connectivity index (χ0n) is 5.78. The van der Waals surface area contributed by atoms with Gasteiger partial charge in [-0.3, -0.25) is 6.08 Å². The first-order valence-electron chi connectivity index (χ1n) is 3.22. The molecule has 0 nitrogen and oxygen atoms in total. The summed E-state index contributed by atoms with van der Waals surface area (Å²) < 4.78 is 0. The van der Waals surface area contributed by atoms with Crippen LogP contribution < -0.4 is 0 Å². The first-order chi connectivity index (χ1) is 4.00. The van der Waals surface area contributed by atoms with Gasteiger partial charge in [0.25, 0.3) is 0 Å². The second-order valence-electron chi connectivity index (χ2n) is 2.04. The second-order valence-corrected chi connectivity index (χ2v) is 2.04. The molecule has 0 saturated heterocycles. The second kappa shape index (κ2) is 9.46. The largest absolute Gasteiger partial charge is 0.275 e. The van der Waals surface area contributed by atoms with Crippen molar-refractivity contribution < 1.29 is 21.1 Å². The summed E-state index contributed by atoms with van der Waals surface area (Å²) in [6.45, 7) is 0. The van der Waals surface area contributed by atoms with Crippen LogP contribution >= 0.6 is 12.4 Å². The van der Waals surface area contributed by atoms with Crippen molar-refractivity contribution in [3.63, 3.8) is 0 Å². The van der Waals surface area contributed by atoms with Crippen molar-refractivity contribution in [1.29, 1.82) is 0 Å². The quantitative estimate of drug-likeness (QED) is 0.596. The number of rotatable bonds is 0. The van der Waals surface area contributed by atoms with Gasteiger partial charge >= 0.3 is 0 Å². The molecule has 0 amide bonds. The van der Waals surface area contributed by atoms with Gasteiger partial charge in [-0.2, -0.15) is 6.08 Å². The van der Waals surface area contributed by atoms with Crippen LogP contribution in [0, 0.1) is 6.08 Å². The minimum Gasteiger partial charge on any atom is -0.275 e. The molecule has 0 bridgehead atoms. The van der Waals surface area contributed by atoms with Crippen LogP contribution in [-0.4, -0.2) is 0 Å². The summed E-state index contributed by atoms with van der Waals surface area (Å²) in [6, 6.07) is 0. The van der Waals surface area contributed by atoms with Gasteiger partial charge in [0.05, 0.1) is 0 Å². The molecule has 0 aromatic carbocycles. The Labute approximate surface area is 83.4 Å². The first-order valence-corrected chi connectivity index (χ1v) is 3.22. The fourth-order valence-corrected chi connectivity index (χ4v) is 0.805. The van der Waals surface area contributed by atoms with Crippen molar-refractivity contribution in [3.05, 3.63) is 24.3 Å². The van der Waals surface area contributed by atoms with Crippen molar-refractivity contribution in [2.45, 2.75) is 25.7 Å². The fraction of sp³-hybridized carbons (Fsp3) is 0.500. The minimum atomic E-state index is 0. The van der Waals surface area contributed by atoms with E-state index in [0.717, 1.165) is 6.42 Å².